The van der Waals surface area contributed by atoms with Crippen LogP contribution in [0.1, 0.15) is 0 Å². The molecule has 0 atom stereocenters. The predicted molar refractivity (Wildman–Crippen MR) is 66.1 cm³/mol. The zero-order chi connectivity index (χ0) is 14.7. The van der Waals surface area contributed by atoms with E-state index in [1.165, 1.54) is 29.4 Å². The summed E-state index contributed by atoms with van der Waals surface area (Å²) in [5.74, 6) is 0.0742. The predicted octanol–water partition coefficient (Wildman–Crippen LogP) is 1.71. The Morgan fingerprint density at radius 1 is 1.35 bits per heavy atom. The number of nitro groups is 1. The van der Waals surface area contributed by atoms with Crippen molar-refractivity contribution in [2.75, 3.05) is 14.1 Å². The summed E-state index contributed by atoms with van der Waals surface area (Å²) in [6.45, 7) is 0. The van der Waals surface area contributed by atoms with Crippen LogP contribution in [-0.2, 0) is 0 Å². The van der Waals surface area contributed by atoms with Crippen LogP contribution in [0.5, 0.6) is 5.75 Å². The van der Waals surface area contributed by atoms with E-state index in [0.717, 1.165) is 0 Å². The maximum Gasteiger partial charge on any atom is 0.433 e. The Bertz CT molecular complexity index is 635. The van der Waals surface area contributed by atoms with Gasteiger partial charge in [-0.1, -0.05) is 0 Å². The number of carbonyl (C=O) groups is 1. The minimum atomic E-state index is -0.656. The van der Waals surface area contributed by atoms with E-state index in [-0.39, 0.29) is 17.3 Å². The van der Waals surface area contributed by atoms with Crippen molar-refractivity contribution in [2.45, 2.75) is 0 Å². The SMILES string of the molecule is CN(C)C(=O)Oc1cnc(-c2ccc([N+](=O)[O-])o2)nc1. The smallest absolute Gasteiger partial charge is 0.407 e. The number of ether oxygens (including phenoxy) is 1. The maximum absolute atomic E-state index is 11.3. The highest BCUT2D eigenvalue weighted by Crippen LogP contribution is 2.23. The van der Waals surface area contributed by atoms with Crippen molar-refractivity contribution < 1.29 is 18.9 Å². The zero-order valence-corrected chi connectivity index (χ0v) is 10.6. The van der Waals surface area contributed by atoms with Crippen molar-refractivity contribution in [1.82, 2.24) is 14.9 Å². The van der Waals surface area contributed by atoms with Gasteiger partial charge >= 0.3 is 12.0 Å². The second-order valence-corrected chi connectivity index (χ2v) is 3.90. The molecule has 0 fully saturated rings. The molecule has 1 amide bonds. The summed E-state index contributed by atoms with van der Waals surface area (Å²) in [5.41, 5.74) is 0. The van der Waals surface area contributed by atoms with Gasteiger partial charge in [-0.05, 0) is 6.07 Å². The number of amides is 1. The highest BCUT2D eigenvalue weighted by atomic mass is 16.6. The van der Waals surface area contributed by atoms with Gasteiger partial charge in [0.1, 0.15) is 4.92 Å². The van der Waals surface area contributed by atoms with Gasteiger partial charge in [0.05, 0.1) is 18.5 Å². The highest BCUT2D eigenvalue weighted by Gasteiger charge is 2.15. The molecule has 0 aliphatic carbocycles. The van der Waals surface area contributed by atoms with Crippen LogP contribution in [-0.4, -0.2) is 40.0 Å². The van der Waals surface area contributed by atoms with Gasteiger partial charge in [-0.2, -0.15) is 0 Å². The number of hydrogen-bond acceptors (Lipinski definition) is 7. The molecule has 9 heteroatoms. The van der Waals surface area contributed by atoms with E-state index in [4.69, 9.17) is 9.15 Å². The number of nitrogens with zero attached hydrogens (tertiary/aromatic N) is 4. The first-order chi connectivity index (χ1) is 9.47. The summed E-state index contributed by atoms with van der Waals surface area (Å²) in [6, 6.07) is 2.59. The molecule has 0 bridgehead atoms. The Labute approximate surface area is 113 Å². The molecule has 2 heterocycles. The molecule has 0 saturated heterocycles. The van der Waals surface area contributed by atoms with Crippen LogP contribution >= 0.6 is 0 Å². The van der Waals surface area contributed by atoms with Gasteiger partial charge in [0.15, 0.2) is 17.3 Å². The summed E-state index contributed by atoms with van der Waals surface area (Å²) in [5, 5.41) is 10.5. The lowest BCUT2D eigenvalue weighted by molar-refractivity contribution is -0.401. The monoisotopic (exact) mass is 278 g/mol. The molecule has 2 aromatic rings. The first-order valence-corrected chi connectivity index (χ1v) is 5.43. The largest absolute Gasteiger partial charge is 0.433 e. The Hall–Kier alpha value is -2.97. The van der Waals surface area contributed by atoms with Crippen LogP contribution in [0.15, 0.2) is 28.9 Å². The summed E-state index contributed by atoms with van der Waals surface area (Å²) in [7, 11) is 3.08. The molecule has 0 aromatic carbocycles. The minimum Gasteiger partial charge on any atom is -0.407 e. The Morgan fingerprint density at radius 3 is 2.50 bits per heavy atom. The molecular formula is C11H10N4O5. The molecule has 0 radical (unpaired) electrons. The number of rotatable bonds is 3. The second kappa shape index (κ2) is 5.34. The van der Waals surface area contributed by atoms with Crippen molar-refractivity contribution in [3.63, 3.8) is 0 Å². The fourth-order valence-corrected chi connectivity index (χ4v) is 1.23. The van der Waals surface area contributed by atoms with Gasteiger partial charge < -0.3 is 14.1 Å². The van der Waals surface area contributed by atoms with Crippen LogP contribution in [0.2, 0.25) is 0 Å². The van der Waals surface area contributed by atoms with Crippen molar-refractivity contribution in [3.05, 3.63) is 34.6 Å². The number of hydrogen-bond donors (Lipinski definition) is 0. The van der Waals surface area contributed by atoms with Crippen molar-refractivity contribution in [3.8, 4) is 17.3 Å². The molecule has 2 aromatic heterocycles. The van der Waals surface area contributed by atoms with Gasteiger partial charge in [0, 0.05) is 14.1 Å². The molecule has 0 saturated carbocycles. The third-order valence-corrected chi connectivity index (χ3v) is 2.19. The van der Waals surface area contributed by atoms with Crippen molar-refractivity contribution >= 4 is 12.0 Å². The number of carbonyl (C=O) groups excluding carboxylic acids is 1. The third-order valence-electron chi connectivity index (χ3n) is 2.19. The van der Waals surface area contributed by atoms with Gasteiger partial charge in [0.2, 0.25) is 0 Å². The van der Waals surface area contributed by atoms with Gasteiger partial charge in [-0.25, -0.2) is 14.8 Å². The van der Waals surface area contributed by atoms with E-state index in [1.807, 2.05) is 0 Å². The fourth-order valence-electron chi connectivity index (χ4n) is 1.23. The van der Waals surface area contributed by atoms with Crippen LogP contribution in [0, 0.1) is 10.1 Å². The van der Waals surface area contributed by atoms with Crippen LogP contribution < -0.4 is 4.74 Å². The molecule has 2 rings (SSSR count). The van der Waals surface area contributed by atoms with E-state index in [1.54, 1.807) is 14.1 Å². The standard InChI is InChI=1S/C11H10N4O5/c1-14(2)11(16)19-7-5-12-10(13-6-7)8-3-4-9(20-8)15(17)18/h3-6H,1-2H3. The molecule has 20 heavy (non-hydrogen) atoms. The topological polar surface area (TPSA) is 112 Å². The number of furan rings is 1. The average Bonchev–Trinajstić information content (AvgIpc) is 2.89. The molecule has 0 spiro atoms. The summed E-state index contributed by atoms with van der Waals surface area (Å²) in [4.78, 5) is 30.2. The van der Waals surface area contributed by atoms with Gasteiger partial charge in [0.25, 0.3) is 0 Å². The normalized spacial score (nSPS) is 10.1. The van der Waals surface area contributed by atoms with E-state index >= 15 is 0 Å². The van der Waals surface area contributed by atoms with E-state index < -0.39 is 16.9 Å². The van der Waals surface area contributed by atoms with Crippen LogP contribution in [0.25, 0.3) is 11.6 Å². The molecule has 0 unspecified atom stereocenters. The van der Waals surface area contributed by atoms with Crippen LogP contribution in [0.3, 0.4) is 0 Å². The quantitative estimate of drug-likeness (QED) is 0.620. The molecule has 0 aliphatic heterocycles. The molecule has 0 N–H and O–H groups in total. The lowest BCUT2D eigenvalue weighted by Crippen LogP contribution is -2.25. The Kier molecular flexibility index (Phi) is 3.60. The zero-order valence-electron chi connectivity index (χ0n) is 10.6. The summed E-state index contributed by atoms with van der Waals surface area (Å²) >= 11 is 0. The van der Waals surface area contributed by atoms with Crippen molar-refractivity contribution in [1.29, 1.82) is 0 Å². The Morgan fingerprint density at radius 2 is 2.00 bits per heavy atom. The Balaban J connectivity index is 2.15. The lowest BCUT2D eigenvalue weighted by Gasteiger charge is -2.09. The highest BCUT2D eigenvalue weighted by molar-refractivity contribution is 5.69. The van der Waals surface area contributed by atoms with E-state index in [9.17, 15) is 14.9 Å². The van der Waals surface area contributed by atoms with Gasteiger partial charge in [-0.3, -0.25) is 10.1 Å². The third kappa shape index (κ3) is 2.88. The first-order valence-electron chi connectivity index (χ1n) is 5.43. The summed E-state index contributed by atoms with van der Waals surface area (Å²) in [6.07, 6.45) is 1.99. The molecule has 0 aliphatic rings. The van der Waals surface area contributed by atoms with Gasteiger partial charge in [-0.15, -0.1) is 0 Å². The second-order valence-electron chi connectivity index (χ2n) is 3.90. The molecule has 104 valence electrons. The lowest BCUT2D eigenvalue weighted by atomic mass is 10.4. The summed E-state index contributed by atoms with van der Waals surface area (Å²) < 4.78 is 9.88. The number of aromatic nitrogens is 2. The first kappa shape index (κ1) is 13.5. The maximum atomic E-state index is 11.3. The van der Waals surface area contributed by atoms with Crippen molar-refractivity contribution in [2.24, 2.45) is 0 Å². The van der Waals surface area contributed by atoms with E-state index in [0.29, 0.717) is 0 Å². The minimum absolute atomic E-state index is 0.155. The average molecular weight is 278 g/mol. The molecule has 9 nitrogen and oxygen atoms in total. The van der Waals surface area contributed by atoms with E-state index in [2.05, 4.69) is 9.97 Å². The fraction of sp³-hybridized carbons (Fsp3) is 0.182. The molecular weight excluding hydrogens is 268 g/mol. The van der Waals surface area contributed by atoms with Crippen LogP contribution in [0.4, 0.5) is 10.7 Å².